The first-order valence-electron chi connectivity index (χ1n) is 6.77. The summed E-state index contributed by atoms with van der Waals surface area (Å²) in [5.41, 5.74) is 11.7. The molecule has 2 aromatic rings. The van der Waals surface area contributed by atoms with Crippen LogP contribution in [0.3, 0.4) is 0 Å². The normalized spacial score (nSPS) is 11.5. The first-order valence-corrected chi connectivity index (χ1v) is 6.77. The zero-order chi connectivity index (χ0) is 16.2. The van der Waals surface area contributed by atoms with Gasteiger partial charge in [-0.3, -0.25) is 0 Å². The Morgan fingerprint density at radius 3 is 2.27 bits per heavy atom. The third kappa shape index (κ3) is 4.14. The number of anilines is 1. The molecule has 0 aliphatic heterocycles. The molecule has 0 heterocycles. The Hall–Kier alpha value is -2.21. The van der Waals surface area contributed by atoms with Gasteiger partial charge in [0.05, 0.1) is 5.56 Å². The standard InChI is InChI=1S/C16H17F3N2O/c17-16(18,19)15-10-14(22-8-7-20)6-3-12(15)9-11-1-4-13(21)5-2-11/h1-6,10H,7-9,20-21H2. The Labute approximate surface area is 126 Å². The summed E-state index contributed by atoms with van der Waals surface area (Å²) in [6, 6.07) is 10.7. The van der Waals surface area contributed by atoms with E-state index in [4.69, 9.17) is 16.2 Å². The maximum atomic E-state index is 13.2. The SMILES string of the molecule is NCCOc1ccc(Cc2ccc(N)cc2)c(C(F)(F)F)c1. The van der Waals surface area contributed by atoms with Crippen LogP contribution in [-0.4, -0.2) is 13.2 Å². The lowest BCUT2D eigenvalue weighted by Gasteiger charge is -2.15. The topological polar surface area (TPSA) is 61.3 Å². The second kappa shape index (κ2) is 6.70. The minimum Gasteiger partial charge on any atom is -0.492 e. The first kappa shape index (κ1) is 16.2. The highest BCUT2D eigenvalue weighted by Crippen LogP contribution is 2.35. The molecule has 0 bridgehead atoms. The molecule has 0 radical (unpaired) electrons. The summed E-state index contributed by atoms with van der Waals surface area (Å²) in [6.45, 7) is 0.420. The zero-order valence-electron chi connectivity index (χ0n) is 11.9. The number of ether oxygens (including phenoxy) is 1. The first-order chi connectivity index (χ1) is 10.4. The fourth-order valence-corrected chi connectivity index (χ4v) is 2.10. The molecule has 0 spiro atoms. The lowest BCUT2D eigenvalue weighted by molar-refractivity contribution is -0.138. The Morgan fingerprint density at radius 2 is 1.68 bits per heavy atom. The maximum absolute atomic E-state index is 13.2. The molecule has 0 aliphatic rings. The van der Waals surface area contributed by atoms with Gasteiger partial charge in [-0.2, -0.15) is 13.2 Å². The highest BCUT2D eigenvalue weighted by Gasteiger charge is 2.33. The molecule has 0 aliphatic carbocycles. The van der Waals surface area contributed by atoms with Crippen molar-refractivity contribution in [3.8, 4) is 5.75 Å². The molecule has 4 N–H and O–H groups in total. The fraction of sp³-hybridized carbons (Fsp3) is 0.250. The van der Waals surface area contributed by atoms with Crippen molar-refractivity contribution in [3.63, 3.8) is 0 Å². The minimum absolute atomic E-state index is 0.166. The molecule has 2 rings (SSSR count). The van der Waals surface area contributed by atoms with Crippen LogP contribution in [-0.2, 0) is 12.6 Å². The van der Waals surface area contributed by atoms with Gasteiger partial charge in [0.2, 0.25) is 0 Å². The van der Waals surface area contributed by atoms with Crippen LogP contribution in [0.15, 0.2) is 42.5 Å². The van der Waals surface area contributed by atoms with E-state index in [0.717, 1.165) is 11.6 Å². The monoisotopic (exact) mass is 310 g/mol. The predicted octanol–water partition coefficient (Wildman–Crippen LogP) is 3.22. The van der Waals surface area contributed by atoms with E-state index in [1.165, 1.54) is 12.1 Å². The summed E-state index contributed by atoms with van der Waals surface area (Å²) in [7, 11) is 0. The molecule has 0 amide bonds. The highest BCUT2D eigenvalue weighted by atomic mass is 19.4. The molecule has 0 saturated heterocycles. The molecule has 3 nitrogen and oxygen atoms in total. The highest BCUT2D eigenvalue weighted by molar-refractivity contribution is 5.43. The third-order valence-corrected chi connectivity index (χ3v) is 3.15. The van der Waals surface area contributed by atoms with Crippen LogP contribution in [0.2, 0.25) is 0 Å². The van der Waals surface area contributed by atoms with Crippen molar-refractivity contribution in [3.05, 3.63) is 59.2 Å². The van der Waals surface area contributed by atoms with Crippen LogP contribution in [0.1, 0.15) is 16.7 Å². The molecular formula is C16H17F3N2O. The van der Waals surface area contributed by atoms with E-state index in [0.29, 0.717) is 5.69 Å². The van der Waals surface area contributed by atoms with Crippen LogP contribution in [0.4, 0.5) is 18.9 Å². The summed E-state index contributed by atoms with van der Waals surface area (Å²) < 4.78 is 44.8. The number of hydrogen-bond donors (Lipinski definition) is 2. The number of rotatable bonds is 5. The van der Waals surface area contributed by atoms with Crippen LogP contribution in [0.5, 0.6) is 5.75 Å². The Kier molecular flexibility index (Phi) is 4.92. The van der Waals surface area contributed by atoms with Crippen molar-refractivity contribution in [2.45, 2.75) is 12.6 Å². The second-order valence-electron chi connectivity index (χ2n) is 4.87. The van der Waals surface area contributed by atoms with E-state index >= 15 is 0 Å². The van der Waals surface area contributed by atoms with Crippen molar-refractivity contribution in [2.24, 2.45) is 5.73 Å². The van der Waals surface area contributed by atoms with Gasteiger partial charge in [0.25, 0.3) is 0 Å². The molecule has 6 heteroatoms. The van der Waals surface area contributed by atoms with Gasteiger partial charge < -0.3 is 16.2 Å². The summed E-state index contributed by atoms with van der Waals surface area (Å²) in [5, 5.41) is 0. The third-order valence-electron chi connectivity index (χ3n) is 3.15. The van der Waals surface area contributed by atoms with Crippen molar-refractivity contribution < 1.29 is 17.9 Å². The summed E-state index contributed by atoms with van der Waals surface area (Å²) in [6.07, 6.45) is -4.27. The average Bonchev–Trinajstić information content (AvgIpc) is 2.47. The fourth-order valence-electron chi connectivity index (χ4n) is 2.10. The zero-order valence-corrected chi connectivity index (χ0v) is 11.9. The molecule has 0 aromatic heterocycles. The number of nitrogens with two attached hydrogens (primary N) is 2. The van der Waals surface area contributed by atoms with Gasteiger partial charge >= 0.3 is 6.18 Å². The largest absolute Gasteiger partial charge is 0.492 e. The average molecular weight is 310 g/mol. The molecule has 0 unspecified atom stereocenters. The summed E-state index contributed by atoms with van der Waals surface area (Å²) in [5.74, 6) is 0.166. The van der Waals surface area contributed by atoms with Crippen molar-refractivity contribution in [1.82, 2.24) is 0 Å². The number of benzene rings is 2. The van der Waals surface area contributed by atoms with E-state index < -0.39 is 11.7 Å². The van der Waals surface area contributed by atoms with Gasteiger partial charge in [0.1, 0.15) is 12.4 Å². The molecule has 2 aromatic carbocycles. The summed E-state index contributed by atoms with van der Waals surface area (Å²) >= 11 is 0. The number of nitrogen functional groups attached to an aromatic ring is 1. The van der Waals surface area contributed by atoms with Gasteiger partial charge in [0.15, 0.2) is 0 Å². The van der Waals surface area contributed by atoms with E-state index in [1.54, 1.807) is 24.3 Å². The van der Waals surface area contributed by atoms with Crippen LogP contribution in [0, 0.1) is 0 Å². The smallest absolute Gasteiger partial charge is 0.416 e. The molecule has 22 heavy (non-hydrogen) atoms. The van der Waals surface area contributed by atoms with Crippen molar-refractivity contribution >= 4 is 5.69 Å². The van der Waals surface area contributed by atoms with Gasteiger partial charge in [-0.25, -0.2) is 0 Å². The van der Waals surface area contributed by atoms with Crippen LogP contribution < -0.4 is 16.2 Å². The number of alkyl halides is 3. The van der Waals surface area contributed by atoms with Gasteiger partial charge in [-0.05, 0) is 41.8 Å². The van der Waals surface area contributed by atoms with E-state index in [1.807, 2.05) is 0 Å². The van der Waals surface area contributed by atoms with Crippen molar-refractivity contribution in [2.75, 3.05) is 18.9 Å². The Balaban J connectivity index is 2.31. The molecule has 0 fully saturated rings. The Morgan fingerprint density at radius 1 is 1.00 bits per heavy atom. The van der Waals surface area contributed by atoms with Crippen molar-refractivity contribution in [1.29, 1.82) is 0 Å². The van der Waals surface area contributed by atoms with Gasteiger partial charge in [-0.1, -0.05) is 18.2 Å². The lowest BCUT2D eigenvalue weighted by atomic mass is 9.99. The van der Waals surface area contributed by atoms with Gasteiger partial charge in [-0.15, -0.1) is 0 Å². The second-order valence-corrected chi connectivity index (χ2v) is 4.87. The minimum atomic E-state index is -4.44. The number of hydrogen-bond acceptors (Lipinski definition) is 3. The maximum Gasteiger partial charge on any atom is 0.416 e. The Bertz CT molecular complexity index is 624. The van der Waals surface area contributed by atoms with E-state index in [-0.39, 0.29) is 30.9 Å². The van der Waals surface area contributed by atoms with E-state index in [9.17, 15) is 13.2 Å². The lowest BCUT2D eigenvalue weighted by Crippen LogP contribution is -2.13. The molecular weight excluding hydrogens is 293 g/mol. The molecule has 0 atom stereocenters. The van der Waals surface area contributed by atoms with Gasteiger partial charge in [0, 0.05) is 12.2 Å². The van der Waals surface area contributed by atoms with Crippen LogP contribution in [0.25, 0.3) is 0 Å². The predicted molar refractivity (Wildman–Crippen MR) is 79.7 cm³/mol. The molecule has 118 valence electrons. The quantitative estimate of drug-likeness (QED) is 0.834. The summed E-state index contributed by atoms with van der Waals surface area (Å²) in [4.78, 5) is 0. The molecule has 0 saturated carbocycles. The van der Waals surface area contributed by atoms with E-state index in [2.05, 4.69) is 0 Å². The number of halogens is 3. The van der Waals surface area contributed by atoms with Crippen LogP contribution >= 0.6 is 0 Å².